The lowest BCUT2D eigenvalue weighted by Gasteiger charge is -2.26. The summed E-state index contributed by atoms with van der Waals surface area (Å²) in [6.07, 6.45) is 3.30. The molecule has 1 saturated heterocycles. The van der Waals surface area contributed by atoms with Crippen LogP contribution in [0.2, 0.25) is 0 Å². The predicted octanol–water partition coefficient (Wildman–Crippen LogP) is 1.54. The number of hydrogen-bond donors (Lipinski definition) is 1. The van der Waals surface area contributed by atoms with Crippen LogP contribution < -0.4 is 0 Å². The minimum atomic E-state index is -0.475. The van der Waals surface area contributed by atoms with Crippen molar-refractivity contribution >= 4 is 0 Å². The van der Waals surface area contributed by atoms with Gasteiger partial charge in [0, 0.05) is 18.7 Å². The summed E-state index contributed by atoms with van der Waals surface area (Å²) in [4.78, 5) is 4.15. The maximum absolute atomic E-state index is 10.0. The molecule has 0 radical (unpaired) electrons. The zero-order chi connectivity index (χ0) is 9.80. The van der Waals surface area contributed by atoms with Crippen LogP contribution in [0.1, 0.15) is 24.6 Å². The van der Waals surface area contributed by atoms with E-state index in [2.05, 4.69) is 4.98 Å². The standard InChI is InChI=1S/C11H15NO2/c13-11(9-4-3-7-14-8-9)10-5-1-2-6-12-10/h1-2,5-6,9,11,13H,3-4,7-8H2. The Labute approximate surface area is 83.7 Å². The van der Waals surface area contributed by atoms with Gasteiger partial charge in [0.05, 0.1) is 12.3 Å². The lowest BCUT2D eigenvalue weighted by molar-refractivity contribution is -0.0115. The summed E-state index contributed by atoms with van der Waals surface area (Å²) >= 11 is 0. The van der Waals surface area contributed by atoms with E-state index in [1.165, 1.54) is 0 Å². The van der Waals surface area contributed by atoms with Gasteiger partial charge >= 0.3 is 0 Å². The molecule has 2 unspecified atom stereocenters. The Morgan fingerprint density at radius 1 is 1.50 bits per heavy atom. The summed E-state index contributed by atoms with van der Waals surface area (Å²) in [6.45, 7) is 1.48. The van der Waals surface area contributed by atoms with Gasteiger partial charge in [-0.3, -0.25) is 4.98 Å². The fourth-order valence-corrected chi connectivity index (χ4v) is 1.81. The van der Waals surface area contributed by atoms with E-state index in [1.54, 1.807) is 6.20 Å². The van der Waals surface area contributed by atoms with Crippen LogP contribution in [0.15, 0.2) is 24.4 Å². The van der Waals surface area contributed by atoms with Crippen LogP contribution in [0.4, 0.5) is 0 Å². The third kappa shape index (κ3) is 2.11. The van der Waals surface area contributed by atoms with Crippen LogP contribution >= 0.6 is 0 Å². The highest BCUT2D eigenvalue weighted by Crippen LogP contribution is 2.27. The van der Waals surface area contributed by atoms with Gasteiger partial charge in [-0.1, -0.05) is 6.07 Å². The number of rotatable bonds is 2. The van der Waals surface area contributed by atoms with E-state index < -0.39 is 6.10 Å². The van der Waals surface area contributed by atoms with Crippen molar-refractivity contribution in [3.05, 3.63) is 30.1 Å². The summed E-state index contributed by atoms with van der Waals surface area (Å²) in [5.41, 5.74) is 0.753. The third-order valence-electron chi connectivity index (χ3n) is 2.63. The van der Waals surface area contributed by atoms with E-state index in [1.807, 2.05) is 18.2 Å². The Kier molecular flexibility index (Phi) is 3.11. The molecule has 3 heteroatoms. The molecule has 3 nitrogen and oxygen atoms in total. The monoisotopic (exact) mass is 193 g/mol. The molecule has 1 aromatic rings. The number of nitrogens with zero attached hydrogens (tertiary/aromatic N) is 1. The Morgan fingerprint density at radius 3 is 3.07 bits per heavy atom. The van der Waals surface area contributed by atoms with Crippen LogP contribution in [0.5, 0.6) is 0 Å². The molecule has 0 saturated carbocycles. The number of pyridine rings is 1. The van der Waals surface area contributed by atoms with Gasteiger partial charge in [0.1, 0.15) is 6.10 Å². The van der Waals surface area contributed by atoms with Crippen LogP contribution in [0.25, 0.3) is 0 Å². The molecule has 0 aromatic carbocycles. The van der Waals surface area contributed by atoms with Gasteiger partial charge in [-0.2, -0.15) is 0 Å². The van der Waals surface area contributed by atoms with Gasteiger partial charge in [0.2, 0.25) is 0 Å². The zero-order valence-corrected chi connectivity index (χ0v) is 8.10. The SMILES string of the molecule is OC(c1ccccn1)C1CCCOC1. The maximum atomic E-state index is 10.0. The number of aliphatic hydroxyl groups is 1. The van der Waals surface area contributed by atoms with Gasteiger partial charge in [0.25, 0.3) is 0 Å². The number of aliphatic hydroxyl groups excluding tert-OH is 1. The fraction of sp³-hybridized carbons (Fsp3) is 0.545. The molecule has 1 aliphatic rings. The first kappa shape index (κ1) is 9.62. The highest BCUT2D eigenvalue weighted by molar-refractivity contribution is 5.07. The first-order valence-electron chi connectivity index (χ1n) is 5.04. The van der Waals surface area contributed by atoms with Gasteiger partial charge < -0.3 is 9.84 Å². The lowest BCUT2D eigenvalue weighted by atomic mass is 9.94. The Hall–Kier alpha value is -0.930. The smallest absolute Gasteiger partial charge is 0.101 e. The molecule has 2 heterocycles. The van der Waals surface area contributed by atoms with E-state index in [-0.39, 0.29) is 5.92 Å². The van der Waals surface area contributed by atoms with Gasteiger partial charge in [-0.25, -0.2) is 0 Å². The van der Waals surface area contributed by atoms with Gasteiger partial charge in [-0.15, -0.1) is 0 Å². The Morgan fingerprint density at radius 2 is 2.43 bits per heavy atom. The van der Waals surface area contributed by atoms with E-state index in [9.17, 15) is 5.11 Å². The second-order valence-corrected chi connectivity index (χ2v) is 3.68. The summed E-state index contributed by atoms with van der Waals surface area (Å²) < 4.78 is 5.34. The average Bonchev–Trinajstić information content (AvgIpc) is 2.30. The molecule has 0 aliphatic carbocycles. The summed E-state index contributed by atoms with van der Waals surface area (Å²) in [5, 5.41) is 10.0. The second-order valence-electron chi connectivity index (χ2n) is 3.68. The van der Waals surface area contributed by atoms with Crippen molar-refractivity contribution in [3.63, 3.8) is 0 Å². The largest absolute Gasteiger partial charge is 0.386 e. The number of aromatic nitrogens is 1. The molecule has 1 aromatic heterocycles. The fourth-order valence-electron chi connectivity index (χ4n) is 1.81. The minimum absolute atomic E-state index is 0.207. The summed E-state index contributed by atoms with van der Waals surface area (Å²) in [5.74, 6) is 0.207. The van der Waals surface area contributed by atoms with E-state index in [4.69, 9.17) is 4.74 Å². The van der Waals surface area contributed by atoms with Crippen molar-refractivity contribution in [2.24, 2.45) is 5.92 Å². The van der Waals surface area contributed by atoms with Crippen LogP contribution in [-0.4, -0.2) is 23.3 Å². The molecule has 1 fully saturated rings. The molecule has 76 valence electrons. The van der Waals surface area contributed by atoms with Crippen LogP contribution in [0.3, 0.4) is 0 Å². The third-order valence-corrected chi connectivity index (χ3v) is 2.63. The zero-order valence-electron chi connectivity index (χ0n) is 8.10. The molecule has 1 aliphatic heterocycles. The Balaban J connectivity index is 2.03. The second kappa shape index (κ2) is 4.53. The highest BCUT2D eigenvalue weighted by atomic mass is 16.5. The van der Waals surface area contributed by atoms with Crippen molar-refractivity contribution in [1.29, 1.82) is 0 Å². The molecule has 2 rings (SSSR count). The summed E-state index contributed by atoms with van der Waals surface area (Å²) in [6, 6.07) is 5.61. The number of hydrogen-bond acceptors (Lipinski definition) is 3. The van der Waals surface area contributed by atoms with Crippen molar-refractivity contribution in [1.82, 2.24) is 4.98 Å². The topological polar surface area (TPSA) is 42.4 Å². The molecular weight excluding hydrogens is 178 g/mol. The van der Waals surface area contributed by atoms with Crippen molar-refractivity contribution in [3.8, 4) is 0 Å². The van der Waals surface area contributed by atoms with E-state index in [0.717, 1.165) is 25.1 Å². The number of ether oxygens (including phenoxy) is 1. The first-order chi connectivity index (χ1) is 6.88. The molecule has 0 amide bonds. The quantitative estimate of drug-likeness (QED) is 0.774. The van der Waals surface area contributed by atoms with Crippen LogP contribution in [0, 0.1) is 5.92 Å². The highest BCUT2D eigenvalue weighted by Gasteiger charge is 2.24. The summed E-state index contributed by atoms with van der Waals surface area (Å²) in [7, 11) is 0. The van der Waals surface area contributed by atoms with Crippen molar-refractivity contribution < 1.29 is 9.84 Å². The van der Waals surface area contributed by atoms with Crippen molar-refractivity contribution in [2.45, 2.75) is 18.9 Å². The van der Waals surface area contributed by atoms with Crippen molar-refractivity contribution in [2.75, 3.05) is 13.2 Å². The predicted molar refractivity (Wildman–Crippen MR) is 52.7 cm³/mol. The maximum Gasteiger partial charge on any atom is 0.101 e. The van der Waals surface area contributed by atoms with Crippen LogP contribution in [-0.2, 0) is 4.74 Å². The normalized spacial score (nSPS) is 24.5. The molecule has 0 bridgehead atoms. The Bertz CT molecular complexity index is 270. The van der Waals surface area contributed by atoms with E-state index in [0.29, 0.717) is 6.61 Å². The first-order valence-corrected chi connectivity index (χ1v) is 5.04. The molecular formula is C11H15NO2. The van der Waals surface area contributed by atoms with Gasteiger partial charge in [-0.05, 0) is 25.0 Å². The average molecular weight is 193 g/mol. The van der Waals surface area contributed by atoms with Gasteiger partial charge in [0.15, 0.2) is 0 Å². The lowest BCUT2D eigenvalue weighted by Crippen LogP contribution is -2.24. The molecule has 1 N–H and O–H groups in total. The van der Waals surface area contributed by atoms with E-state index >= 15 is 0 Å². The molecule has 2 atom stereocenters. The molecule has 14 heavy (non-hydrogen) atoms. The molecule has 0 spiro atoms. The minimum Gasteiger partial charge on any atom is -0.386 e.